The molecule has 0 amide bonds. The van der Waals surface area contributed by atoms with Crippen LogP contribution in [-0.2, 0) is 0 Å². The van der Waals surface area contributed by atoms with Gasteiger partial charge < -0.3 is 0 Å². The van der Waals surface area contributed by atoms with Crippen LogP contribution in [0.3, 0.4) is 0 Å². The van der Waals surface area contributed by atoms with Gasteiger partial charge in [0.15, 0.2) is 0 Å². The predicted molar refractivity (Wildman–Crippen MR) is 64.8 cm³/mol. The zero-order valence-corrected chi connectivity index (χ0v) is 9.60. The fourth-order valence-corrected chi connectivity index (χ4v) is 3.08. The van der Waals surface area contributed by atoms with Crippen LogP contribution in [0.2, 0.25) is 0 Å². The molecule has 3 heteroatoms. The summed E-state index contributed by atoms with van der Waals surface area (Å²) >= 11 is 5.12. The number of hydrogen-bond donors (Lipinski definition) is 0. The zero-order chi connectivity index (χ0) is 9.54. The van der Waals surface area contributed by atoms with Crippen molar-refractivity contribution in [3.63, 3.8) is 0 Å². The monoisotopic (exact) mass is 263 g/mol. The van der Waals surface area contributed by atoms with Crippen molar-refractivity contribution in [2.75, 3.05) is 0 Å². The first-order chi connectivity index (χ1) is 6.84. The number of hydrogen-bond acceptors (Lipinski definition) is 2. The highest BCUT2D eigenvalue weighted by atomic mass is 79.9. The maximum Gasteiger partial charge on any atom is 0.125 e. The maximum atomic E-state index is 4.45. The molecule has 0 atom stereocenters. The van der Waals surface area contributed by atoms with Crippen molar-refractivity contribution in [3.05, 3.63) is 41.0 Å². The molecule has 3 aromatic rings. The summed E-state index contributed by atoms with van der Waals surface area (Å²) in [6, 6.07) is 12.5. The number of thiophene rings is 1. The Labute approximate surface area is 93.5 Å². The van der Waals surface area contributed by atoms with Gasteiger partial charge in [0.2, 0.25) is 0 Å². The highest BCUT2D eigenvalue weighted by molar-refractivity contribution is 9.10. The van der Waals surface area contributed by atoms with Gasteiger partial charge >= 0.3 is 0 Å². The molecular weight excluding hydrogens is 258 g/mol. The van der Waals surface area contributed by atoms with Gasteiger partial charge in [-0.1, -0.05) is 18.2 Å². The van der Waals surface area contributed by atoms with Crippen molar-refractivity contribution in [2.24, 2.45) is 0 Å². The lowest BCUT2D eigenvalue weighted by molar-refractivity contribution is 1.38. The summed E-state index contributed by atoms with van der Waals surface area (Å²) in [5.74, 6) is 0. The summed E-state index contributed by atoms with van der Waals surface area (Å²) < 4.78 is 2.20. The Hall–Kier alpha value is -0.930. The molecule has 3 rings (SSSR count). The van der Waals surface area contributed by atoms with E-state index in [1.807, 2.05) is 6.07 Å². The maximum absolute atomic E-state index is 4.45. The van der Waals surface area contributed by atoms with Crippen molar-refractivity contribution in [1.82, 2.24) is 4.98 Å². The second-order valence-corrected chi connectivity index (χ2v) is 4.93. The Kier molecular flexibility index (Phi) is 1.82. The third kappa shape index (κ3) is 1.16. The van der Waals surface area contributed by atoms with Gasteiger partial charge in [-0.3, -0.25) is 0 Å². The largest absolute Gasteiger partial charge is 0.230 e. The molecule has 0 saturated heterocycles. The highest BCUT2D eigenvalue weighted by Crippen LogP contribution is 2.32. The molecule has 0 aliphatic heterocycles. The summed E-state index contributed by atoms with van der Waals surface area (Å²) in [4.78, 5) is 5.55. The quantitative estimate of drug-likeness (QED) is 0.554. The lowest BCUT2D eigenvalue weighted by atomic mass is 10.2. The number of pyridine rings is 1. The van der Waals surface area contributed by atoms with E-state index in [1.54, 1.807) is 11.3 Å². The summed E-state index contributed by atoms with van der Waals surface area (Å²) in [6.45, 7) is 0. The van der Waals surface area contributed by atoms with Gasteiger partial charge in [0.25, 0.3) is 0 Å². The van der Waals surface area contributed by atoms with Gasteiger partial charge in [-0.05, 0) is 34.1 Å². The van der Waals surface area contributed by atoms with E-state index in [-0.39, 0.29) is 0 Å². The van der Waals surface area contributed by atoms with Crippen LogP contribution >= 0.6 is 27.3 Å². The second-order valence-electron chi connectivity index (χ2n) is 3.08. The summed E-state index contributed by atoms with van der Waals surface area (Å²) in [5.41, 5.74) is 0. The van der Waals surface area contributed by atoms with Gasteiger partial charge in [-0.2, -0.15) is 0 Å². The van der Waals surface area contributed by atoms with Crippen LogP contribution in [0.1, 0.15) is 0 Å². The Morgan fingerprint density at radius 2 is 1.86 bits per heavy atom. The Balaban J connectivity index is 2.57. The minimum atomic E-state index is 0.900. The number of fused-ring (bicyclic) bond motifs is 3. The van der Waals surface area contributed by atoms with E-state index in [4.69, 9.17) is 0 Å². The Bertz CT molecular complexity index is 615. The standard InChI is InChI=1S/C11H6BrNS/c12-10-6-5-8-7-3-1-2-4-9(7)14-11(8)13-10/h1-6H. The molecule has 0 spiro atoms. The fourth-order valence-electron chi connectivity index (χ4n) is 1.58. The Morgan fingerprint density at radius 3 is 2.79 bits per heavy atom. The second kappa shape index (κ2) is 3.04. The zero-order valence-electron chi connectivity index (χ0n) is 7.20. The van der Waals surface area contributed by atoms with E-state index >= 15 is 0 Å². The molecule has 0 N–H and O–H groups in total. The third-order valence-corrected chi connectivity index (χ3v) is 3.73. The van der Waals surface area contributed by atoms with E-state index < -0.39 is 0 Å². The smallest absolute Gasteiger partial charge is 0.125 e. The molecule has 0 saturated carbocycles. The first-order valence-corrected chi connectivity index (χ1v) is 5.89. The lowest BCUT2D eigenvalue weighted by Crippen LogP contribution is -1.72. The van der Waals surface area contributed by atoms with Crippen LogP contribution in [0.4, 0.5) is 0 Å². The van der Waals surface area contributed by atoms with E-state index in [9.17, 15) is 0 Å². The van der Waals surface area contributed by atoms with Gasteiger partial charge in [-0.15, -0.1) is 11.3 Å². The molecule has 2 aromatic heterocycles. The number of halogens is 1. The minimum Gasteiger partial charge on any atom is -0.230 e. The predicted octanol–water partition coefficient (Wildman–Crippen LogP) is 4.21. The minimum absolute atomic E-state index is 0.900. The van der Waals surface area contributed by atoms with E-state index in [1.165, 1.54) is 15.5 Å². The van der Waals surface area contributed by atoms with Gasteiger partial charge in [0.05, 0.1) is 0 Å². The molecule has 2 heterocycles. The van der Waals surface area contributed by atoms with Crippen LogP contribution in [0.15, 0.2) is 41.0 Å². The van der Waals surface area contributed by atoms with E-state index in [0.717, 1.165) is 9.43 Å². The van der Waals surface area contributed by atoms with E-state index in [0.29, 0.717) is 0 Å². The van der Waals surface area contributed by atoms with Crippen LogP contribution in [-0.4, -0.2) is 4.98 Å². The highest BCUT2D eigenvalue weighted by Gasteiger charge is 2.04. The van der Waals surface area contributed by atoms with Crippen LogP contribution in [0, 0.1) is 0 Å². The van der Waals surface area contributed by atoms with Crippen molar-refractivity contribution in [2.45, 2.75) is 0 Å². The average molecular weight is 264 g/mol. The molecule has 0 aliphatic carbocycles. The molecule has 0 fully saturated rings. The van der Waals surface area contributed by atoms with Crippen molar-refractivity contribution in [1.29, 1.82) is 0 Å². The molecule has 14 heavy (non-hydrogen) atoms. The summed E-state index contributed by atoms with van der Waals surface area (Å²) in [7, 11) is 0. The number of nitrogens with zero attached hydrogens (tertiary/aromatic N) is 1. The average Bonchev–Trinajstić information content (AvgIpc) is 2.54. The Morgan fingerprint density at radius 1 is 1.00 bits per heavy atom. The molecular formula is C11H6BrNS. The first kappa shape index (κ1) is 8.38. The van der Waals surface area contributed by atoms with Crippen LogP contribution in [0.25, 0.3) is 20.3 Å². The first-order valence-electron chi connectivity index (χ1n) is 4.28. The van der Waals surface area contributed by atoms with Crippen molar-refractivity contribution >= 4 is 47.6 Å². The molecule has 0 unspecified atom stereocenters. The van der Waals surface area contributed by atoms with E-state index in [2.05, 4.69) is 51.2 Å². The number of rotatable bonds is 0. The van der Waals surface area contributed by atoms with Gasteiger partial charge in [0.1, 0.15) is 9.43 Å². The van der Waals surface area contributed by atoms with Gasteiger partial charge in [0, 0.05) is 15.5 Å². The van der Waals surface area contributed by atoms with Gasteiger partial charge in [-0.25, -0.2) is 4.98 Å². The SMILES string of the molecule is Brc1ccc2c(n1)sc1ccccc12. The van der Waals surface area contributed by atoms with Crippen molar-refractivity contribution in [3.8, 4) is 0 Å². The third-order valence-electron chi connectivity index (χ3n) is 2.21. The normalized spacial score (nSPS) is 11.2. The number of benzene rings is 1. The molecule has 1 aromatic carbocycles. The van der Waals surface area contributed by atoms with Crippen LogP contribution in [0.5, 0.6) is 0 Å². The molecule has 68 valence electrons. The van der Waals surface area contributed by atoms with Crippen molar-refractivity contribution < 1.29 is 0 Å². The molecule has 0 bridgehead atoms. The van der Waals surface area contributed by atoms with Crippen LogP contribution < -0.4 is 0 Å². The molecule has 0 radical (unpaired) electrons. The lowest BCUT2D eigenvalue weighted by Gasteiger charge is -1.90. The summed E-state index contributed by atoms with van der Waals surface area (Å²) in [6.07, 6.45) is 0. The molecule has 0 aliphatic rings. The fraction of sp³-hybridized carbons (Fsp3) is 0. The summed E-state index contributed by atoms with van der Waals surface area (Å²) in [5, 5.41) is 2.54. The molecule has 1 nitrogen and oxygen atoms in total. The topological polar surface area (TPSA) is 12.9 Å². The number of aromatic nitrogens is 1.